The third-order valence-electron chi connectivity index (χ3n) is 3.77. The van der Waals surface area contributed by atoms with E-state index in [4.69, 9.17) is 5.14 Å². The van der Waals surface area contributed by atoms with Crippen molar-refractivity contribution in [1.29, 1.82) is 0 Å². The van der Waals surface area contributed by atoms with Gasteiger partial charge >= 0.3 is 0 Å². The van der Waals surface area contributed by atoms with Crippen molar-refractivity contribution in [2.45, 2.75) is 50.3 Å². The van der Waals surface area contributed by atoms with Crippen LogP contribution in [0.5, 0.6) is 0 Å². The summed E-state index contributed by atoms with van der Waals surface area (Å²) < 4.78 is 23.3. The molecule has 0 unspecified atom stereocenters. The van der Waals surface area contributed by atoms with Crippen molar-refractivity contribution in [2.75, 3.05) is 6.61 Å². The van der Waals surface area contributed by atoms with Crippen LogP contribution in [0, 0.1) is 5.92 Å². The molecule has 20 heavy (non-hydrogen) atoms. The van der Waals surface area contributed by atoms with E-state index < -0.39 is 10.0 Å². The largest absolute Gasteiger partial charge is 0.396 e. The first kappa shape index (κ1) is 17.1. The van der Waals surface area contributed by atoms with Gasteiger partial charge in [0.1, 0.15) is 0 Å². The van der Waals surface area contributed by atoms with E-state index in [1.807, 2.05) is 0 Å². The topological polar surface area (TPSA) is 80.4 Å². The lowest BCUT2D eigenvalue weighted by Gasteiger charge is -2.24. The first-order valence-electron chi connectivity index (χ1n) is 7.14. The number of sulfonamides is 1. The Morgan fingerprint density at radius 3 is 2.45 bits per heavy atom. The van der Waals surface area contributed by atoms with Crippen molar-refractivity contribution in [3.05, 3.63) is 29.8 Å². The van der Waals surface area contributed by atoms with Gasteiger partial charge in [0.15, 0.2) is 0 Å². The van der Waals surface area contributed by atoms with Gasteiger partial charge in [-0.2, -0.15) is 0 Å². The third kappa shape index (κ3) is 4.58. The fourth-order valence-electron chi connectivity index (χ4n) is 2.55. The SMILES string of the molecule is CCCCC[C@H](C)[C@H](CO)c1ccccc1S(N)(=O)=O. The number of hydrogen-bond acceptors (Lipinski definition) is 3. The van der Waals surface area contributed by atoms with E-state index in [-0.39, 0.29) is 23.3 Å². The van der Waals surface area contributed by atoms with Crippen molar-refractivity contribution < 1.29 is 13.5 Å². The smallest absolute Gasteiger partial charge is 0.238 e. The number of aliphatic hydroxyl groups excluding tert-OH is 1. The van der Waals surface area contributed by atoms with Gasteiger partial charge in [0.2, 0.25) is 10.0 Å². The molecule has 1 aromatic rings. The second-order valence-electron chi connectivity index (χ2n) is 5.34. The minimum atomic E-state index is -3.76. The lowest BCUT2D eigenvalue weighted by Crippen LogP contribution is -2.20. The van der Waals surface area contributed by atoms with Crippen LogP contribution in [0.3, 0.4) is 0 Å². The summed E-state index contributed by atoms with van der Waals surface area (Å²) in [5.74, 6) is 0.0239. The summed E-state index contributed by atoms with van der Waals surface area (Å²) in [6.07, 6.45) is 4.35. The molecule has 0 amide bonds. The van der Waals surface area contributed by atoms with Gasteiger partial charge in [-0.25, -0.2) is 13.6 Å². The quantitative estimate of drug-likeness (QED) is 0.724. The summed E-state index contributed by atoms with van der Waals surface area (Å²) in [6.45, 7) is 4.13. The van der Waals surface area contributed by atoms with Gasteiger partial charge < -0.3 is 5.11 Å². The summed E-state index contributed by atoms with van der Waals surface area (Å²) in [5.41, 5.74) is 0.626. The van der Waals surface area contributed by atoms with E-state index in [1.165, 1.54) is 6.07 Å². The van der Waals surface area contributed by atoms with Crippen molar-refractivity contribution in [3.8, 4) is 0 Å². The Labute approximate surface area is 122 Å². The molecule has 0 aliphatic rings. The van der Waals surface area contributed by atoms with Crippen LogP contribution in [0.25, 0.3) is 0 Å². The van der Waals surface area contributed by atoms with Crippen LogP contribution in [0.2, 0.25) is 0 Å². The van der Waals surface area contributed by atoms with Gasteiger partial charge in [0.05, 0.1) is 11.5 Å². The predicted octanol–water partition coefficient (Wildman–Crippen LogP) is 2.63. The van der Waals surface area contributed by atoms with Gasteiger partial charge in [-0.15, -0.1) is 0 Å². The van der Waals surface area contributed by atoms with Crippen LogP contribution in [0.15, 0.2) is 29.2 Å². The van der Waals surface area contributed by atoms with Gasteiger partial charge in [-0.3, -0.25) is 0 Å². The highest BCUT2D eigenvalue weighted by molar-refractivity contribution is 7.89. The average molecular weight is 299 g/mol. The number of rotatable bonds is 8. The summed E-state index contributed by atoms with van der Waals surface area (Å²) in [6, 6.07) is 6.69. The molecule has 0 radical (unpaired) electrons. The summed E-state index contributed by atoms with van der Waals surface area (Å²) in [4.78, 5) is 0.126. The van der Waals surface area contributed by atoms with E-state index in [0.717, 1.165) is 25.7 Å². The number of benzene rings is 1. The molecule has 2 atom stereocenters. The molecule has 5 heteroatoms. The lowest BCUT2D eigenvalue weighted by atomic mass is 9.84. The molecule has 0 heterocycles. The molecule has 0 bridgehead atoms. The molecule has 1 rings (SSSR count). The standard InChI is InChI=1S/C15H25NO3S/c1-3-4-5-8-12(2)14(11-17)13-9-6-7-10-15(13)20(16,18)19/h6-7,9-10,12,14,17H,3-5,8,11H2,1-2H3,(H2,16,18,19)/t12-,14-/m0/s1. The Morgan fingerprint density at radius 1 is 1.25 bits per heavy atom. The molecule has 0 saturated heterocycles. The molecule has 4 nitrogen and oxygen atoms in total. The van der Waals surface area contributed by atoms with Gasteiger partial charge in [0.25, 0.3) is 0 Å². The molecule has 1 aromatic carbocycles. The molecule has 0 fully saturated rings. The van der Waals surface area contributed by atoms with E-state index in [9.17, 15) is 13.5 Å². The Hall–Kier alpha value is -0.910. The van der Waals surface area contributed by atoms with E-state index in [1.54, 1.807) is 18.2 Å². The average Bonchev–Trinajstić information content (AvgIpc) is 2.39. The molecule has 0 spiro atoms. The number of hydrogen-bond donors (Lipinski definition) is 2. The van der Waals surface area contributed by atoms with Crippen molar-refractivity contribution in [1.82, 2.24) is 0 Å². The molecule has 0 aromatic heterocycles. The monoisotopic (exact) mass is 299 g/mol. The van der Waals surface area contributed by atoms with Crippen molar-refractivity contribution in [3.63, 3.8) is 0 Å². The fraction of sp³-hybridized carbons (Fsp3) is 0.600. The number of unbranched alkanes of at least 4 members (excludes halogenated alkanes) is 2. The zero-order chi connectivity index (χ0) is 15.2. The number of aliphatic hydroxyl groups is 1. The van der Waals surface area contributed by atoms with Crippen LogP contribution in [0.1, 0.15) is 51.0 Å². The second kappa shape index (κ2) is 7.76. The highest BCUT2D eigenvalue weighted by Gasteiger charge is 2.24. The summed E-state index contributed by atoms with van der Waals surface area (Å²) >= 11 is 0. The van der Waals surface area contributed by atoms with Crippen LogP contribution in [0.4, 0.5) is 0 Å². The second-order valence-corrected chi connectivity index (χ2v) is 6.87. The third-order valence-corrected chi connectivity index (χ3v) is 4.76. The minimum Gasteiger partial charge on any atom is -0.396 e. The Kier molecular flexibility index (Phi) is 6.65. The molecule has 0 aliphatic carbocycles. The van der Waals surface area contributed by atoms with Gasteiger partial charge in [-0.05, 0) is 17.5 Å². The zero-order valence-corrected chi connectivity index (χ0v) is 13.1. The predicted molar refractivity (Wildman–Crippen MR) is 80.9 cm³/mol. The van der Waals surface area contributed by atoms with Crippen molar-refractivity contribution in [2.24, 2.45) is 11.1 Å². The molecular formula is C15H25NO3S. The van der Waals surface area contributed by atoms with Gasteiger partial charge in [-0.1, -0.05) is 57.7 Å². The lowest BCUT2D eigenvalue weighted by molar-refractivity contribution is 0.222. The summed E-state index contributed by atoms with van der Waals surface area (Å²) in [5, 5.41) is 14.9. The number of primary sulfonamides is 1. The number of nitrogens with two attached hydrogens (primary N) is 1. The molecule has 0 aliphatic heterocycles. The maximum absolute atomic E-state index is 11.7. The fourth-order valence-corrected chi connectivity index (χ4v) is 3.36. The molecule has 3 N–H and O–H groups in total. The molecule has 114 valence electrons. The van der Waals surface area contributed by atoms with E-state index in [2.05, 4.69) is 13.8 Å². The van der Waals surface area contributed by atoms with Crippen LogP contribution in [-0.4, -0.2) is 20.1 Å². The Bertz CT molecular complexity index is 514. The van der Waals surface area contributed by atoms with Crippen molar-refractivity contribution >= 4 is 10.0 Å². The van der Waals surface area contributed by atoms with Crippen LogP contribution in [-0.2, 0) is 10.0 Å². The van der Waals surface area contributed by atoms with E-state index >= 15 is 0 Å². The minimum absolute atomic E-state index is 0.0696. The zero-order valence-electron chi connectivity index (χ0n) is 12.2. The maximum Gasteiger partial charge on any atom is 0.238 e. The molecular weight excluding hydrogens is 274 g/mol. The van der Waals surface area contributed by atoms with E-state index in [0.29, 0.717) is 5.56 Å². The Morgan fingerprint density at radius 2 is 1.90 bits per heavy atom. The first-order valence-corrected chi connectivity index (χ1v) is 8.69. The summed E-state index contributed by atoms with van der Waals surface area (Å²) in [7, 11) is -3.76. The maximum atomic E-state index is 11.7. The normalized spacial score (nSPS) is 15.0. The first-order chi connectivity index (χ1) is 9.41. The highest BCUT2D eigenvalue weighted by atomic mass is 32.2. The van der Waals surface area contributed by atoms with Gasteiger partial charge in [0, 0.05) is 5.92 Å². The van der Waals surface area contributed by atoms with Crippen LogP contribution < -0.4 is 5.14 Å². The highest BCUT2D eigenvalue weighted by Crippen LogP contribution is 2.31. The molecule has 0 saturated carbocycles. The van der Waals surface area contributed by atoms with Crippen LogP contribution >= 0.6 is 0 Å². The Balaban J connectivity index is 3.01.